The number of benzene rings is 1. The van der Waals surface area contributed by atoms with Gasteiger partial charge in [0.15, 0.2) is 0 Å². The van der Waals surface area contributed by atoms with Crippen LogP contribution in [0.5, 0.6) is 0 Å². The fourth-order valence-corrected chi connectivity index (χ4v) is 4.44. The third kappa shape index (κ3) is 4.77. The number of carbonyl (C=O) groups is 2. The summed E-state index contributed by atoms with van der Waals surface area (Å²) in [6.45, 7) is 4.08. The average molecular weight is 410 g/mol. The quantitative estimate of drug-likeness (QED) is 0.690. The molecule has 150 valence electrons. The molecule has 2 atom stereocenters. The Morgan fingerprint density at radius 2 is 2.17 bits per heavy atom. The Hall–Kier alpha value is -2.85. The van der Waals surface area contributed by atoms with Crippen molar-refractivity contribution >= 4 is 29.3 Å². The molecule has 1 aromatic heterocycles. The Bertz CT molecular complexity index is 984. The number of nitrogens with zero attached hydrogens (tertiary/aromatic N) is 2. The minimum absolute atomic E-state index is 0.0412. The lowest BCUT2D eigenvalue weighted by Crippen LogP contribution is -2.26. The number of aryl methyl sites for hydroxylation is 1. The Kier molecular flexibility index (Phi) is 6.55. The first-order valence-corrected chi connectivity index (χ1v) is 10.5. The number of nitriles is 1. The van der Waals surface area contributed by atoms with E-state index in [2.05, 4.69) is 18.3 Å². The summed E-state index contributed by atoms with van der Waals surface area (Å²) in [6, 6.07) is 10.4. The first-order valence-electron chi connectivity index (χ1n) is 9.65. The molecule has 0 saturated heterocycles. The molecule has 0 fully saturated rings. The van der Waals surface area contributed by atoms with E-state index in [1.807, 2.05) is 13.0 Å². The Balaban J connectivity index is 1.82. The van der Waals surface area contributed by atoms with Crippen molar-refractivity contribution in [2.24, 2.45) is 5.92 Å². The predicted octanol–water partition coefficient (Wildman–Crippen LogP) is 4.29. The fraction of sp³-hybridized carbons (Fsp3) is 0.364. The van der Waals surface area contributed by atoms with E-state index in [9.17, 15) is 20.0 Å². The number of nitrogens with one attached hydrogen (secondary N) is 1. The Morgan fingerprint density at radius 3 is 2.86 bits per heavy atom. The number of rotatable bonds is 6. The van der Waals surface area contributed by atoms with E-state index < -0.39 is 11.2 Å². The van der Waals surface area contributed by atoms with Crippen LogP contribution in [0.3, 0.4) is 0 Å². The van der Waals surface area contributed by atoms with Crippen molar-refractivity contribution in [2.75, 3.05) is 5.32 Å². The van der Waals surface area contributed by atoms with Crippen LogP contribution in [0.2, 0.25) is 0 Å². The standard InChI is InChI=1S/C22H23N3O3S/c1-3-19(20(26)24-18-7-5-4-6-16(18)22(27)28)29-21-15(12-23)11-14-10-13(2)8-9-17(14)25-21/h4-7,11,13,19H,3,8-10H2,1-2H3,(H,24,26)(H,27,28). The highest BCUT2D eigenvalue weighted by Crippen LogP contribution is 2.32. The minimum Gasteiger partial charge on any atom is -0.478 e. The molecule has 2 N–H and O–H groups in total. The molecular formula is C22H23N3O3S. The summed E-state index contributed by atoms with van der Waals surface area (Å²) >= 11 is 1.26. The van der Waals surface area contributed by atoms with Gasteiger partial charge in [0.1, 0.15) is 11.1 Å². The monoisotopic (exact) mass is 409 g/mol. The lowest BCUT2D eigenvalue weighted by molar-refractivity contribution is -0.115. The van der Waals surface area contributed by atoms with Gasteiger partial charge in [-0.05, 0) is 55.4 Å². The van der Waals surface area contributed by atoms with E-state index in [0.717, 1.165) is 30.5 Å². The van der Waals surface area contributed by atoms with Gasteiger partial charge in [0.05, 0.1) is 22.1 Å². The number of carboxylic acid groups (broad SMARTS) is 1. The van der Waals surface area contributed by atoms with Crippen molar-refractivity contribution in [3.05, 3.63) is 52.7 Å². The number of carboxylic acids is 1. The van der Waals surface area contributed by atoms with Crippen LogP contribution in [0.4, 0.5) is 5.69 Å². The van der Waals surface area contributed by atoms with Gasteiger partial charge in [0.2, 0.25) is 5.91 Å². The summed E-state index contributed by atoms with van der Waals surface area (Å²) in [6.07, 6.45) is 3.39. The second kappa shape index (κ2) is 9.10. The smallest absolute Gasteiger partial charge is 0.337 e. The summed E-state index contributed by atoms with van der Waals surface area (Å²) in [4.78, 5) is 28.9. The molecule has 2 unspecified atom stereocenters. The van der Waals surface area contributed by atoms with Gasteiger partial charge >= 0.3 is 5.97 Å². The van der Waals surface area contributed by atoms with E-state index in [0.29, 0.717) is 22.9 Å². The molecule has 0 spiro atoms. The molecule has 29 heavy (non-hydrogen) atoms. The number of para-hydroxylation sites is 1. The second-order valence-electron chi connectivity index (χ2n) is 7.26. The van der Waals surface area contributed by atoms with Crippen LogP contribution in [0, 0.1) is 17.2 Å². The summed E-state index contributed by atoms with van der Waals surface area (Å²) in [5, 5.41) is 21.7. The maximum absolute atomic E-state index is 12.8. The molecule has 7 heteroatoms. The molecule has 0 radical (unpaired) electrons. The number of amides is 1. The zero-order valence-corrected chi connectivity index (χ0v) is 17.3. The largest absolute Gasteiger partial charge is 0.478 e. The maximum atomic E-state index is 12.8. The highest BCUT2D eigenvalue weighted by molar-refractivity contribution is 8.00. The molecule has 1 aliphatic rings. The third-order valence-electron chi connectivity index (χ3n) is 5.05. The molecule has 1 aromatic carbocycles. The van der Waals surface area contributed by atoms with Gasteiger partial charge in [-0.15, -0.1) is 0 Å². The molecule has 1 heterocycles. The van der Waals surface area contributed by atoms with E-state index >= 15 is 0 Å². The summed E-state index contributed by atoms with van der Waals surface area (Å²) in [5.74, 6) is -0.819. The van der Waals surface area contributed by atoms with Gasteiger partial charge in [0.25, 0.3) is 0 Å². The Morgan fingerprint density at radius 1 is 1.41 bits per heavy atom. The molecule has 3 rings (SSSR count). The number of anilines is 1. The van der Waals surface area contributed by atoms with E-state index in [1.165, 1.54) is 17.8 Å². The van der Waals surface area contributed by atoms with Crippen LogP contribution in [0.1, 0.15) is 53.9 Å². The molecule has 1 amide bonds. The van der Waals surface area contributed by atoms with Gasteiger partial charge in [-0.1, -0.05) is 37.7 Å². The van der Waals surface area contributed by atoms with Crippen LogP contribution >= 0.6 is 11.8 Å². The molecule has 2 aromatic rings. The first kappa shape index (κ1) is 20.9. The van der Waals surface area contributed by atoms with Gasteiger partial charge in [-0.2, -0.15) is 5.26 Å². The lowest BCUT2D eigenvalue weighted by Gasteiger charge is -2.22. The van der Waals surface area contributed by atoms with Crippen molar-refractivity contribution in [2.45, 2.75) is 49.8 Å². The number of carbonyl (C=O) groups excluding carboxylic acids is 1. The average Bonchev–Trinajstić information content (AvgIpc) is 2.71. The number of hydrogen-bond donors (Lipinski definition) is 2. The maximum Gasteiger partial charge on any atom is 0.337 e. The normalized spacial score (nSPS) is 16.4. The number of fused-ring (bicyclic) bond motifs is 1. The van der Waals surface area contributed by atoms with E-state index in [1.54, 1.807) is 18.2 Å². The topological polar surface area (TPSA) is 103 Å². The predicted molar refractivity (Wildman–Crippen MR) is 112 cm³/mol. The van der Waals surface area contributed by atoms with E-state index in [4.69, 9.17) is 4.98 Å². The zero-order chi connectivity index (χ0) is 21.0. The molecular weight excluding hydrogens is 386 g/mol. The number of thioether (sulfide) groups is 1. The fourth-order valence-electron chi connectivity index (χ4n) is 3.45. The van der Waals surface area contributed by atoms with Crippen LogP contribution in [0.15, 0.2) is 35.4 Å². The van der Waals surface area contributed by atoms with Crippen molar-refractivity contribution in [3.8, 4) is 6.07 Å². The summed E-state index contributed by atoms with van der Waals surface area (Å²) in [5.41, 5.74) is 2.92. The van der Waals surface area contributed by atoms with Crippen molar-refractivity contribution in [3.63, 3.8) is 0 Å². The van der Waals surface area contributed by atoms with E-state index in [-0.39, 0.29) is 17.2 Å². The minimum atomic E-state index is -1.10. The summed E-state index contributed by atoms with van der Waals surface area (Å²) < 4.78 is 0. The molecule has 0 saturated carbocycles. The van der Waals surface area contributed by atoms with Crippen molar-refractivity contribution < 1.29 is 14.7 Å². The number of aromatic carboxylic acids is 1. The molecule has 0 aliphatic heterocycles. The van der Waals surface area contributed by atoms with Crippen LogP contribution in [-0.4, -0.2) is 27.2 Å². The third-order valence-corrected chi connectivity index (χ3v) is 6.42. The number of hydrogen-bond acceptors (Lipinski definition) is 5. The van der Waals surface area contributed by atoms with Crippen LogP contribution < -0.4 is 5.32 Å². The summed E-state index contributed by atoms with van der Waals surface area (Å²) in [7, 11) is 0. The van der Waals surface area contributed by atoms with Crippen molar-refractivity contribution in [1.82, 2.24) is 4.98 Å². The highest BCUT2D eigenvalue weighted by Gasteiger charge is 2.25. The van der Waals surface area contributed by atoms with Crippen LogP contribution in [-0.2, 0) is 17.6 Å². The number of aromatic nitrogens is 1. The second-order valence-corrected chi connectivity index (χ2v) is 8.45. The zero-order valence-electron chi connectivity index (χ0n) is 16.4. The van der Waals surface area contributed by atoms with Gasteiger partial charge in [0, 0.05) is 5.69 Å². The molecule has 6 nitrogen and oxygen atoms in total. The van der Waals surface area contributed by atoms with Crippen LogP contribution in [0.25, 0.3) is 0 Å². The SMILES string of the molecule is CCC(Sc1nc2c(cc1C#N)CC(C)CC2)C(=O)Nc1ccccc1C(=O)O. The number of pyridine rings is 1. The lowest BCUT2D eigenvalue weighted by atomic mass is 9.87. The highest BCUT2D eigenvalue weighted by atomic mass is 32.2. The van der Waals surface area contributed by atoms with Gasteiger partial charge in [-0.25, -0.2) is 9.78 Å². The first-order chi connectivity index (χ1) is 13.9. The van der Waals surface area contributed by atoms with Gasteiger partial charge in [-0.3, -0.25) is 4.79 Å². The van der Waals surface area contributed by atoms with Crippen molar-refractivity contribution in [1.29, 1.82) is 5.26 Å². The Labute approximate surface area is 174 Å². The molecule has 0 bridgehead atoms. The van der Waals surface area contributed by atoms with Gasteiger partial charge < -0.3 is 10.4 Å². The molecule has 1 aliphatic carbocycles.